The Bertz CT molecular complexity index is 867. The number of carbonyl (C=O) groups excluding carboxylic acids is 1. The van der Waals surface area contributed by atoms with Crippen molar-refractivity contribution in [2.45, 2.75) is 45.1 Å². The van der Waals surface area contributed by atoms with E-state index in [9.17, 15) is 18.0 Å². The van der Waals surface area contributed by atoms with Crippen LogP contribution in [0.2, 0.25) is 0 Å². The van der Waals surface area contributed by atoms with Crippen LogP contribution in [0.25, 0.3) is 0 Å². The van der Waals surface area contributed by atoms with Gasteiger partial charge in [-0.05, 0) is 44.9 Å². The summed E-state index contributed by atoms with van der Waals surface area (Å²) in [7, 11) is 0. The van der Waals surface area contributed by atoms with E-state index in [4.69, 9.17) is 0 Å². The summed E-state index contributed by atoms with van der Waals surface area (Å²) < 4.78 is 41.7. The van der Waals surface area contributed by atoms with Gasteiger partial charge >= 0.3 is 6.18 Å². The first-order valence-electron chi connectivity index (χ1n) is 8.68. The number of para-hydroxylation sites is 1. The minimum absolute atomic E-state index is 0.268. The summed E-state index contributed by atoms with van der Waals surface area (Å²) in [5, 5.41) is 3.15. The van der Waals surface area contributed by atoms with Crippen molar-refractivity contribution in [2.24, 2.45) is 0 Å². The minimum Gasteiger partial charge on any atom is -0.361 e. The zero-order valence-electron chi connectivity index (χ0n) is 14.6. The predicted octanol–water partition coefficient (Wildman–Crippen LogP) is 4.57. The van der Waals surface area contributed by atoms with Gasteiger partial charge in [-0.3, -0.25) is 4.79 Å². The van der Waals surface area contributed by atoms with Gasteiger partial charge in [0.25, 0.3) is 5.91 Å². The lowest BCUT2D eigenvalue weighted by molar-refractivity contribution is -0.144. The van der Waals surface area contributed by atoms with E-state index in [1.165, 1.54) is 0 Å². The van der Waals surface area contributed by atoms with Crippen molar-refractivity contribution in [3.63, 3.8) is 0 Å². The molecule has 2 heterocycles. The van der Waals surface area contributed by atoms with E-state index >= 15 is 0 Å². The molecule has 0 unspecified atom stereocenters. The van der Waals surface area contributed by atoms with Gasteiger partial charge in [-0.2, -0.15) is 13.2 Å². The number of fused-ring (bicyclic) bond motifs is 1. The van der Waals surface area contributed by atoms with Crippen molar-refractivity contribution in [1.82, 2.24) is 9.47 Å². The zero-order valence-corrected chi connectivity index (χ0v) is 14.6. The van der Waals surface area contributed by atoms with Crippen LogP contribution in [-0.2, 0) is 0 Å². The van der Waals surface area contributed by atoms with Gasteiger partial charge in [0.1, 0.15) is 12.7 Å². The summed E-state index contributed by atoms with van der Waals surface area (Å²) in [6, 6.07) is 9.03. The SMILES string of the molecule is Cc1cc([C@@H]2Nc3ccccc3C(=O)N2CC(F)(F)F)c(C)n1C1CC1. The van der Waals surface area contributed by atoms with Crippen LogP contribution in [0.4, 0.5) is 18.9 Å². The molecule has 4 rings (SSSR count). The van der Waals surface area contributed by atoms with Crippen molar-refractivity contribution in [3.8, 4) is 0 Å². The Labute approximate surface area is 149 Å². The maximum Gasteiger partial charge on any atom is 0.406 e. The van der Waals surface area contributed by atoms with Gasteiger partial charge in [-0.1, -0.05) is 12.1 Å². The van der Waals surface area contributed by atoms with E-state index in [1.54, 1.807) is 24.3 Å². The Kier molecular flexibility index (Phi) is 3.78. The first-order valence-corrected chi connectivity index (χ1v) is 8.68. The molecule has 1 aliphatic carbocycles. The number of benzene rings is 1. The van der Waals surface area contributed by atoms with Crippen molar-refractivity contribution in [3.05, 3.63) is 52.8 Å². The van der Waals surface area contributed by atoms with Crippen LogP contribution in [0.3, 0.4) is 0 Å². The topological polar surface area (TPSA) is 37.3 Å². The highest BCUT2D eigenvalue weighted by Crippen LogP contribution is 2.42. The summed E-state index contributed by atoms with van der Waals surface area (Å²) in [4.78, 5) is 13.7. The predicted molar refractivity (Wildman–Crippen MR) is 92.1 cm³/mol. The molecule has 1 aromatic carbocycles. The lowest BCUT2D eigenvalue weighted by atomic mass is 10.0. The number of halogens is 3. The zero-order chi connectivity index (χ0) is 18.6. The molecule has 1 aliphatic heterocycles. The Morgan fingerprint density at radius 2 is 1.88 bits per heavy atom. The number of amides is 1. The third-order valence-electron chi connectivity index (χ3n) is 5.10. The van der Waals surface area contributed by atoms with Crippen LogP contribution in [0.5, 0.6) is 0 Å². The molecule has 2 aliphatic rings. The second-order valence-electron chi connectivity index (χ2n) is 7.07. The van der Waals surface area contributed by atoms with Gasteiger partial charge in [0, 0.05) is 28.7 Å². The number of alkyl halides is 3. The molecule has 7 heteroatoms. The minimum atomic E-state index is -4.47. The average Bonchev–Trinajstić information content (AvgIpc) is 3.35. The van der Waals surface area contributed by atoms with Gasteiger partial charge in [0.05, 0.1) is 5.56 Å². The van der Waals surface area contributed by atoms with Crippen LogP contribution in [0, 0.1) is 13.8 Å². The third-order valence-corrected chi connectivity index (χ3v) is 5.10. The molecule has 0 spiro atoms. The number of rotatable bonds is 3. The highest BCUT2D eigenvalue weighted by Gasteiger charge is 2.42. The smallest absolute Gasteiger partial charge is 0.361 e. The van der Waals surface area contributed by atoms with Crippen molar-refractivity contribution < 1.29 is 18.0 Å². The normalized spacial score (nSPS) is 20.1. The summed E-state index contributed by atoms with van der Waals surface area (Å²) in [6.45, 7) is 2.59. The fraction of sp³-hybridized carbons (Fsp3) is 0.421. The summed E-state index contributed by atoms with van der Waals surface area (Å²) >= 11 is 0. The highest BCUT2D eigenvalue weighted by atomic mass is 19.4. The quantitative estimate of drug-likeness (QED) is 0.867. The summed E-state index contributed by atoms with van der Waals surface area (Å²) in [6.07, 6.45) is -3.13. The fourth-order valence-electron chi connectivity index (χ4n) is 3.87. The first kappa shape index (κ1) is 17.0. The van der Waals surface area contributed by atoms with Crippen LogP contribution in [0.1, 0.15) is 52.4 Å². The number of hydrogen-bond acceptors (Lipinski definition) is 2. The monoisotopic (exact) mass is 363 g/mol. The second kappa shape index (κ2) is 5.79. The van der Waals surface area contributed by atoms with Gasteiger partial charge in [-0.25, -0.2) is 0 Å². The Hall–Kier alpha value is -2.44. The van der Waals surface area contributed by atoms with Gasteiger partial charge in [0.2, 0.25) is 0 Å². The van der Waals surface area contributed by atoms with E-state index in [1.807, 2.05) is 19.9 Å². The van der Waals surface area contributed by atoms with Crippen molar-refractivity contribution >= 4 is 11.6 Å². The number of aromatic nitrogens is 1. The molecule has 1 saturated carbocycles. The molecule has 1 aromatic heterocycles. The Balaban J connectivity index is 1.80. The molecule has 4 nitrogen and oxygen atoms in total. The average molecular weight is 363 g/mol. The van der Waals surface area contributed by atoms with E-state index in [0.717, 1.165) is 34.7 Å². The molecule has 1 atom stereocenters. The van der Waals surface area contributed by atoms with Gasteiger partial charge in [0.15, 0.2) is 0 Å². The molecule has 0 bridgehead atoms. The molecule has 1 amide bonds. The molecule has 1 N–H and O–H groups in total. The van der Waals surface area contributed by atoms with Crippen LogP contribution in [-0.4, -0.2) is 28.1 Å². The number of carbonyl (C=O) groups is 1. The maximum atomic E-state index is 13.2. The standard InChI is InChI=1S/C19H20F3N3O/c1-11-9-15(12(2)25(11)13-7-8-13)17-23-16-6-4-3-5-14(16)18(26)24(17)10-19(20,21)22/h3-6,9,13,17,23H,7-8,10H2,1-2H3/t17-/m1/s1. The number of nitrogens with one attached hydrogen (secondary N) is 1. The van der Waals surface area contributed by atoms with E-state index < -0.39 is 24.8 Å². The number of nitrogens with zero attached hydrogens (tertiary/aromatic N) is 2. The van der Waals surface area contributed by atoms with Crippen molar-refractivity contribution in [1.29, 1.82) is 0 Å². The molecule has 1 fully saturated rings. The largest absolute Gasteiger partial charge is 0.406 e. The van der Waals surface area contributed by atoms with Crippen LogP contribution >= 0.6 is 0 Å². The van der Waals surface area contributed by atoms with E-state index in [-0.39, 0.29) is 5.56 Å². The van der Waals surface area contributed by atoms with Gasteiger partial charge in [-0.15, -0.1) is 0 Å². The highest BCUT2D eigenvalue weighted by molar-refractivity contribution is 6.01. The molecule has 2 aromatic rings. The van der Waals surface area contributed by atoms with Crippen LogP contribution < -0.4 is 5.32 Å². The third kappa shape index (κ3) is 2.85. The lowest BCUT2D eigenvalue weighted by Gasteiger charge is -2.38. The number of anilines is 1. The van der Waals surface area contributed by atoms with Gasteiger partial charge < -0.3 is 14.8 Å². The summed E-state index contributed by atoms with van der Waals surface area (Å²) in [5.41, 5.74) is 3.49. The molecule has 0 saturated heterocycles. The molecule has 138 valence electrons. The summed E-state index contributed by atoms with van der Waals surface area (Å²) in [5.74, 6) is -0.599. The number of hydrogen-bond donors (Lipinski definition) is 1. The first-order chi connectivity index (χ1) is 12.3. The number of aryl methyl sites for hydroxylation is 1. The fourth-order valence-corrected chi connectivity index (χ4v) is 3.87. The van der Waals surface area contributed by atoms with E-state index in [0.29, 0.717) is 11.7 Å². The Morgan fingerprint density at radius 1 is 1.19 bits per heavy atom. The molecular weight excluding hydrogens is 343 g/mol. The second-order valence-corrected chi connectivity index (χ2v) is 7.07. The molecule has 0 radical (unpaired) electrons. The Morgan fingerprint density at radius 3 is 2.54 bits per heavy atom. The maximum absolute atomic E-state index is 13.2. The van der Waals surface area contributed by atoms with Crippen molar-refractivity contribution in [2.75, 3.05) is 11.9 Å². The lowest BCUT2D eigenvalue weighted by Crippen LogP contribution is -2.47. The van der Waals surface area contributed by atoms with Crippen LogP contribution in [0.15, 0.2) is 30.3 Å². The van der Waals surface area contributed by atoms with E-state index in [2.05, 4.69) is 9.88 Å². The molecule has 26 heavy (non-hydrogen) atoms. The molecular formula is C19H20F3N3O.